The number of aliphatic carboxylic acids is 1. The van der Waals surface area contributed by atoms with Crippen molar-refractivity contribution in [3.05, 3.63) is 59.7 Å². The molecule has 2 amide bonds. The van der Waals surface area contributed by atoms with E-state index in [-0.39, 0.29) is 30.8 Å². The molecule has 0 saturated carbocycles. The number of rotatable bonds is 12. The number of carbonyl (C=O) groups excluding carboxylic acids is 2. The Kier molecular flexibility index (Phi) is 9.29. The van der Waals surface area contributed by atoms with Crippen molar-refractivity contribution in [3.8, 4) is 11.1 Å². The van der Waals surface area contributed by atoms with Crippen molar-refractivity contribution < 1.29 is 24.2 Å². The van der Waals surface area contributed by atoms with Gasteiger partial charge in [0.15, 0.2) is 0 Å². The van der Waals surface area contributed by atoms with E-state index in [1.165, 1.54) is 0 Å². The lowest BCUT2D eigenvalue weighted by molar-refractivity contribution is -0.138. The summed E-state index contributed by atoms with van der Waals surface area (Å²) in [5.41, 5.74) is 4.57. The Morgan fingerprint density at radius 3 is 2.09 bits per heavy atom. The van der Waals surface area contributed by atoms with Gasteiger partial charge in [0.2, 0.25) is 5.91 Å². The molecule has 2 aromatic rings. The fourth-order valence-corrected chi connectivity index (χ4v) is 4.52. The number of hydrogen-bond donors (Lipinski definition) is 3. The fourth-order valence-electron chi connectivity index (χ4n) is 4.52. The minimum absolute atomic E-state index is 0.0444. The lowest BCUT2D eigenvalue weighted by Gasteiger charge is -2.21. The first-order chi connectivity index (χ1) is 16.8. The van der Waals surface area contributed by atoms with E-state index in [1.807, 2.05) is 31.2 Å². The molecular weight excluding hydrogens is 444 g/mol. The molecule has 1 aliphatic carbocycles. The fraction of sp³-hybridized carbons (Fsp3) is 0.464. The zero-order chi connectivity index (χ0) is 25.4. The summed E-state index contributed by atoms with van der Waals surface area (Å²) in [6.45, 7) is 6.51. The summed E-state index contributed by atoms with van der Waals surface area (Å²) in [6, 6.07) is 15.6. The number of carbonyl (C=O) groups is 3. The molecule has 3 N–H and O–H groups in total. The van der Waals surface area contributed by atoms with Gasteiger partial charge in [-0.1, -0.05) is 69.3 Å². The van der Waals surface area contributed by atoms with E-state index in [0.29, 0.717) is 25.3 Å². The van der Waals surface area contributed by atoms with Crippen molar-refractivity contribution >= 4 is 18.0 Å². The van der Waals surface area contributed by atoms with Crippen LogP contribution in [0.1, 0.15) is 63.5 Å². The zero-order valence-corrected chi connectivity index (χ0v) is 20.8. The molecule has 7 heteroatoms. The Hall–Kier alpha value is -3.35. The lowest BCUT2D eigenvalue weighted by atomic mass is 9.98. The van der Waals surface area contributed by atoms with Gasteiger partial charge in [0.25, 0.3) is 0 Å². The van der Waals surface area contributed by atoms with Gasteiger partial charge in [-0.15, -0.1) is 0 Å². The van der Waals surface area contributed by atoms with E-state index in [9.17, 15) is 14.4 Å². The van der Waals surface area contributed by atoms with E-state index in [0.717, 1.165) is 28.7 Å². The quantitative estimate of drug-likeness (QED) is 0.399. The molecule has 0 fully saturated rings. The predicted molar refractivity (Wildman–Crippen MR) is 135 cm³/mol. The number of carboxylic acid groups (broad SMARTS) is 1. The first kappa shape index (κ1) is 26.3. The third-order valence-corrected chi connectivity index (χ3v) is 6.44. The largest absolute Gasteiger partial charge is 0.481 e. The van der Waals surface area contributed by atoms with Gasteiger partial charge in [0.05, 0.1) is 0 Å². The van der Waals surface area contributed by atoms with Gasteiger partial charge in [-0.3, -0.25) is 9.59 Å². The highest BCUT2D eigenvalue weighted by atomic mass is 16.5. The average Bonchev–Trinajstić information content (AvgIpc) is 3.13. The van der Waals surface area contributed by atoms with Crippen LogP contribution in [0.25, 0.3) is 11.1 Å². The van der Waals surface area contributed by atoms with Crippen LogP contribution >= 0.6 is 0 Å². The second-order valence-corrected chi connectivity index (χ2v) is 9.78. The third kappa shape index (κ3) is 7.31. The van der Waals surface area contributed by atoms with Gasteiger partial charge < -0.3 is 20.5 Å². The maximum Gasteiger partial charge on any atom is 0.407 e. The number of amides is 2. The molecule has 7 nitrogen and oxygen atoms in total. The maximum absolute atomic E-state index is 12.8. The van der Waals surface area contributed by atoms with Crippen LogP contribution in [0.5, 0.6) is 0 Å². The second kappa shape index (κ2) is 12.4. The molecule has 188 valence electrons. The molecule has 0 spiro atoms. The Morgan fingerprint density at radius 1 is 0.914 bits per heavy atom. The summed E-state index contributed by atoms with van der Waals surface area (Å²) in [5, 5.41) is 14.5. The summed E-state index contributed by atoms with van der Waals surface area (Å²) in [7, 11) is 0. The number of hydrogen-bond acceptors (Lipinski definition) is 4. The van der Waals surface area contributed by atoms with Crippen LogP contribution in [-0.2, 0) is 14.3 Å². The summed E-state index contributed by atoms with van der Waals surface area (Å²) >= 11 is 0. The Bertz CT molecular complexity index is 990. The van der Waals surface area contributed by atoms with Gasteiger partial charge >= 0.3 is 12.1 Å². The molecule has 2 aromatic carbocycles. The predicted octanol–water partition coefficient (Wildman–Crippen LogP) is 4.95. The maximum atomic E-state index is 12.8. The molecule has 0 bridgehead atoms. The smallest absolute Gasteiger partial charge is 0.407 e. The number of carboxylic acids is 1. The molecule has 2 atom stereocenters. The highest BCUT2D eigenvalue weighted by Gasteiger charge is 2.29. The first-order valence-electron chi connectivity index (χ1n) is 12.4. The molecule has 0 saturated heterocycles. The van der Waals surface area contributed by atoms with Crippen molar-refractivity contribution in [3.63, 3.8) is 0 Å². The summed E-state index contributed by atoms with van der Waals surface area (Å²) < 4.78 is 5.62. The standard InChI is InChI=1S/C28H36N2O5/c1-18(2)12-13-25(27(33)29-15-14-19(3)16-26(31)32)30-28(34)35-17-24-22-10-6-4-8-20(22)21-9-5-7-11-23(21)24/h4-11,18-19,24-25H,12-17H2,1-3H3,(H,29,33)(H,30,34)(H,31,32). The van der Waals surface area contributed by atoms with E-state index >= 15 is 0 Å². The van der Waals surface area contributed by atoms with Gasteiger partial charge in [-0.2, -0.15) is 0 Å². The molecule has 0 aromatic heterocycles. The average molecular weight is 481 g/mol. The van der Waals surface area contributed by atoms with E-state index < -0.39 is 18.1 Å². The van der Waals surface area contributed by atoms with Crippen LogP contribution < -0.4 is 10.6 Å². The summed E-state index contributed by atoms with van der Waals surface area (Å²) in [4.78, 5) is 36.3. The summed E-state index contributed by atoms with van der Waals surface area (Å²) in [6.07, 6.45) is 1.27. The topological polar surface area (TPSA) is 105 Å². The van der Waals surface area contributed by atoms with Gasteiger partial charge in [-0.25, -0.2) is 4.79 Å². The Balaban J connectivity index is 1.57. The number of fused-ring (bicyclic) bond motifs is 3. The van der Waals surface area contributed by atoms with Crippen molar-refractivity contribution in [2.75, 3.05) is 13.2 Å². The molecule has 0 heterocycles. The van der Waals surface area contributed by atoms with Gasteiger partial charge in [0.1, 0.15) is 12.6 Å². The van der Waals surface area contributed by atoms with E-state index in [2.05, 4.69) is 48.7 Å². The molecule has 2 unspecified atom stereocenters. The van der Waals surface area contributed by atoms with Crippen LogP contribution in [0.2, 0.25) is 0 Å². The van der Waals surface area contributed by atoms with Gasteiger partial charge in [-0.05, 0) is 53.4 Å². The third-order valence-electron chi connectivity index (χ3n) is 6.44. The first-order valence-corrected chi connectivity index (χ1v) is 12.4. The van der Waals surface area contributed by atoms with E-state index in [1.54, 1.807) is 0 Å². The highest BCUT2D eigenvalue weighted by molar-refractivity contribution is 5.85. The van der Waals surface area contributed by atoms with Crippen molar-refractivity contribution in [2.24, 2.45) is 11.8 Å². The molecular formula is C28H36N2O5. The zero-order valence-electron chi connectivity index (χ0n) is 20.8. The number of alkyl carbamates (subject to hydrolysis) is 1. The number of ether oxygens (including phenoxy) is 1. The highest BCUT2D eigenvalue weighted by Crippen LogP contribution is 2.44. The molecule has 35 heavy (non-hydrogen) atoms. The normalized spacial score (nSPS) is 14.1. The minimum Gasteiger partial charge on any atom is -0.481 e. The van der Waals surface area contributed by atoms with Crippen LogP contribution in [0, 0.1) is 11.8 Å². The van der Waals surface area contributed by atoms with Crippen LogP contribution in [0.3, 0.4) is 0 Å². The van der Waals surface area contributed by atoms with Crippen molar-refractivity contribution in [1.82, 2.24) is 10.6 Å². The monoisotopic (exact) mass is 480 g/mol. The van der Waals surface area contributed by atoms with Crippen LogP contribution in [0.4, 0.5) is 4.79 Å². The lowest BCUT2D eigenvalue weighted by Crippen LogP contribution is -2.47. The second-order valence-electron chi connectivity index (χ2n) is 9.78. The van der Waals surface area contributed by atoms with Crippen LogP contribution in [0.15, 0.2) is 48.5 Å². The van der Waals surface area contributed by atoms with E-state index in [4.69, 9.17) is 9.84 Å². The Morgan fingerprint density at radius 2 is 1.51 bits per heavy atom. The summed E-state index contributed by atoms with van der Waals surface area (Å²) in [5.74, 6) is -0.841. The molecule has 1 aliphatic rings. The number of benzene rings is 2. The molecule has 0 aliphatic heterocycles. The molecule has 3 rings (SSSR count). The minimum atomic E-state index is -0.851. The molecule has 0 radical (unpaired) electrons. The Labute approximate surface area is 207 Å². The van der Waals surface area contributed by atoms with Gasteiger partial charge in [0, 0.05) is 18.9 Å². The van der Waals surface area contributed by atoms with Crippen molar-refractivity contribution in [1.29, 1.82) is 0 Å². The SMILES string of the molecule is CC(C)CCC(NC(=O)OCC1c2ccccc2-c2ccccc21)C(=O)NCCC(C)CC(=O)O. The number of nitrogens with one attached hydrogen (secondary N) is 2. The van der Waals surface area contributed by atoms with Crippen molar-refractivity contribution in [2.45, 2.75) is 58.4 Å². The van der Waals surface area contributed by atoms with Crippen LogP contribution in [-0.4, -0.2) is 42.3 Å².